The Balaban J connectivity index is 3.01. The summed E-state index contributed by atoms with van der Waals surface area (Å²) in [6.07, 6.45) is 3.88. The van der Waals surface area contributed by atoms with Gasteiger partial charge in [-0.3, -0.25) is 4.79 Å². The summed E-state index contributed by atoms with van der Waals surface area (Å²) in [5, 5.41) is 1.77. The van der Waals surface area contributed by atoms with Crippen LogP contribution in [-0.4, -0.2) is 30.0 Å². The zero-order valence-corrected chi connectivity index (χ0v) is 5.98. The first-order valence-corrected chi connectivity index (χ1v) is 2.91. The summed E-state index contributed by atoms with van der Waals surface area (Å²) in [6, 6.07) is 0. The predicted octanol–water partition coefficient (Wildman–Crippen LogP) is -0.107. The van der Waals surface area contributed by atoms with Gasteiger partial charge in [-0.15, -0.1) is 0 Å². The van der Waals surface area contributed by atoms with Gasteiger partial charge in [-0.25, -0.2) is 9.66 Å². The van der Waals surface area contributed by atoms with Crippen molar-refractivity contribution in [3.05, 3.63) is 18.2 Å². The van der Waals surface area contributed by atoms with Gasteiger partial charge in [0, 0.05) is 14.1 Å². The lowest BCUT2D eigenvalue weighted by Gasteiger charge is -2.13. The lowest BCUT2D eigenvalue weighted by molar-refractivity contribution is 0.111. The molecule has 0 saturated heterocycles. The quantitative estimate of drug-likeness (QED) is 0.537. The highest BCUT2D eigenvalue weighted by molar-refractivity contribution is 5.71. The lowest BCUT2D eigenvalue weighted by Crippen LogP contribution is -2.25. The summed E-state index contributed by atoms with van der Waals surface area (Å²) >= 11 is 0. The molecule has 0 aromatic carbocycles. The fourth-order valence-corrected chi connectivity index (χ4v) is 0.717. The topological polar surface area (TPSA) is 38.1 Å². The fraction of sp³-hybridized carbons (Fsp3) is 0.333. The maximum Gasteiger partial charge on any atom is 0.170 e. The normalized spacial score (nSPS) is 9.40. The van der Waals surface area contributed by atoms with Crippen LogP contribution >= 0.6 is 0 Å². The predicted molar refractivity (Wildman–Crippen MR) is 37.7 cm³/mol. The molecule has 1 aromatic rings. The van der Waals surface area contributed by atoms with Crippen LogP contribution in [0.4, 0.5) is 0 Å². The summed E-state index contributed by atoms with van der Waals surface area (Å²) < 4.78 is 1.66. The van der Waals surface area contributed by atoms with Crippen molar-refractivity contribution >= 4 is 6.29 Å². The number of aromatic nitrogens is 2. The summed E-state index contributed by atoms with van der Waals surface area (Å²) in [6.45, 7) is 0. The van der Waals surface area contributed by atoms with Crippen LogP contribution in [0.1, 0.15) is 10.5 Å². The first-order valence-electron chi connectivity index (χ1n) is 2.91. The van der Waals surface area contributed by atoms with Crippen molar-refractivity contribution in [2.24, 2.45) is 0 Å². The maximum atomic E-state index is 10.3. The molecular weight excluding hydrogens is 130 g/mol. The molecule has 0 fully saturated rings. The molecule has 1 aromatic heterocycles. The third-order valence-corrected chi connectivity index (χ3v) is 1.20. The van der Waals surface area contributed by atoms with E-state index < -0.39 is 0 Å². The molecule has 1 rings (SSSR count). The van der Waals surface area contributed by atoms with E-state index in [9.17, 15) is 4.79 Å². The number of carbonyl (C=O) groups excluding carboxylic acids is 1. The zero-order valence-electron chi connectivity index (χ0n) is 5.98. The van der Waals surface area contributed by atoms with Crippen molar-refractivity contribution in [2.45, 2.75) is 0 Å². The van der Waals surface area contributed by atoms with Crippen LogP contribution in [0.3, 0.4) is 0 Å². The number of imidazole rings is 1. The molecule has 4 heteroatoms. The second-order valence-electron chi connectivity index (χ2n) is 2.13. The van der Waals surface area contributed by atoms with E-state index >= 15 is 0 Å². The Morgan fingerprint density at radius 1 is 1.70 bits per heavy atom. The van der Waals surface area contributed by atoms with Crippen molar-refractivity contribution in [3.63, 3.8) is 0 Å². The highest BCUT2D eigenvalue weighted by atomic mass is 16.1. The Morgan fingerprint density at radius 2 is 2.40 bits per heavy atom. The average molecular weight is 139 g/mol. The molecule has 0 aliphatic carbocycles. The van der Waals surface area contributed by atoms with E-state index in [0.29, 0.717) is 5.69 Å². The minimum atomic E-state index is 0.560. The Hall–Kier alpha value is -1.32. The average Bonchev–Trinajstić information content (AvgIpc) is 2.33. The number of hydrogen-bond donors (Lipinski definition) is 0. The third kappa shape index (κ3) is 1.00. The smallest absolute Gasteiger partial charge is 0.170 e. The van der Waals surface area contributed by atoms with Crippen molar-refractivity contribution in [1.29, 1.82) is 0 Å². The molecule has 1 heterocycles. The molecule has 0 amide bonds. The summed E-state index contributed by atoms with van der Waals surface area (Å²) in [4.78, 5) is 14.1. The highest BCUT2D eigenvalue weighted by Gasteiger charge is 1.99. The second kappa shape index (κ2) is 2.51. The van der Waals surface area contributed by atoms with Gasteiger partial charge in [-0.1, -0.05) is 0 Å². The van der Waals surface area contributed by atoms with Gasteiger partial charge in [0.05, 0.1) is 6.20 Å². The van der Waals surface area contributed by atoms with E-state index in [2.05, 4.69) is 4.98 Å². The van der Waals surface area contributed by atoms with Crippen LogP contribution in [-0.2, 0) is 0 Å². The van der Waals surface area contributed by atoms with Gasteiger partial charge in [0.15, 0.2) is 6.29 Å². The van der Waals surface area contributed by atoms with Crippen LogP contribution in [0.5, 0.6) is 0 Å². The van der Waals surface area contributed by atoms with Gasteiger partial charge in [-0.05, 0) is 0 Å². The molecule has 0 spiro atoms. The lowest BCUT2D eigenvalue weighted by atomic mass is 10.5. The SMILES string of the molecule is CN(C)n1cncc1C=O. The Kier molecular flexibility index (Phi) is 1.71. The molecule has 0 saturated carbocycles. The van der Waals surface area contributed by atoms with Crippen molar-refractivity contribution in [3.8, 4) is 0 Å². The van der Waals surface area contributed by atoms with Gasteiger partial charge in [0.2, 0.25) is 0 Å². The van der Waals surface area contributed by atoms with Gasteiger partial charge in [0.1, 0.15) is 12.0 Å². The highest BCUT2D eigenvalue weighted by Crippen LogP contribution is 1.92. The summed E-state index contributed by atoms with van der Waals surface area (Å²) in [5.74, 6) is 0. The Morgan fingerprint density at radius 3 is 2.80 bits per heavy atom. The number of carbonyl (C=O) groups is 1. The minimum Gasteiger partial charge on any atom is -0.317 e. The monoisotopic (exact) mass is 139 g/mol. The summed E-state index contributed by atoms with van der Waals surface area (Å²) in [7, 11) is 3.68. The van der Waals surface area contributed by atoms with E-state index in [-0.39, 0.29) is 0 Å². The molecule has 10 heavy (non-hydrogen) atoms. The first-order chi connectivity index (χ1) is 4.75. The number of nitrogens with zero attached hydrogens (tertiary/aromatic N) is 3. The summed E-state index contributed by atoms with van der Waals surface area (Å²) in [5.41, 5.74) is 0.560. The van der Waals surface area contributed by atoms with Crippen LogP contribution < -0.4 is 5.01 Å². The van der Waals surface area contributed by atoms with Crippen LogP contribution in [0.2, 0.25) is 0 Å². The van der Waals surface area contributed by atoms with Gasteiger partial charge < -0.3 is 5.01 Å². The Bertz CT molecular complexity index is 229. The van der Waals surface area contributed by atoms with Crippen molar-refractivity contribution in [1.82, 2.24) is 9.66 Å². The molecule has 4 nitrogen and oxygen atoms in total. The zero-order chi connectivity index (χ0) is 7.56. The molecular formula is C6H9N3O. The molecule has 0 aliphatic rings. The second-order valence-corrected chi connectivity index (χ2v) is 2.13. The largest absolute Gasteiger partial charge is 0.317 e. The Labute approximate surface area is 59.1 Å². The standard InChI is InChI=1S/C6H9N3O/c1-8(2)9-5-7-3-6(9)4-10/h3-5H,1-2H3. The third-order valence-electron chi connectivity index (χ3n) is 1.20. The van der Waals surface area contributed by atoms with E-state index in [1.54, 1.807) is 16.0 Å². The number of rotatable bonds is 2. The first kappa shape index (κ1) is 6.80. The maximum absolute atomic E-state index is 10.3. The molecule has 0 N–H and O–H groups in total. The van der Waals surface area contributed by atoms with Gasteiger partial charge in [-0.2, -0.15) is 0 Å². The van der Waals surface area contributed by atoms with Crippen molar-refractivity contribution in [2.75, 3.05) is 19.1 Å². The minimum absolute atomic E-state index is 0.560. The van der Waals surface area contributed by atoms with E-state index in [1.807, 2.05) is 14.1 Å². The van der Waals surface area contributed by atoms with Crippen LogP contribution in [0.25, 0.3) is 0 Å². The molecule has 54 valence electrons. The van der Waals surface area contributed by atoms with E-state index in [4.69, 9.17) is 0 Å². The van der Waals surface area contributed by atoms with E-state index in [0.717, 1.165) is 6.29 Å². The molecule has 0 atom stereocenters. The molecule has 0 radical (unpaired) electrons. The number of aldehydes is 1. The molecule has 0 bridgehead atoms. The van der Waals surface area contributed by atoms with Crippen LogP contribution in [0.15, 0.2) is 12.5 Å². The molecule has 0 unspecified atom stereocenters. The molecule has 0 aliphatic heterocycles. The van der Waals surface area contributed by atoms with E-state index in [1.165, 1.54) is 6.20 Å². The fourth-order valence-electron chi connectivity index (χ4n) is 0.717. The van der Waals surface area contributed by atoms with Gasteiger partial charge >= 0.3 is 0 Å². The van der Waals surface area contributed by atoms with Crippen molar-refractivity contribution < 1.29 is 4.79 Å². The van der Waals surface area contributed by atoms with Crippen LogP contribution in [0, 0.1) is 0 Å². The van der Waals surface area contributed by atoms with Gasteiger partial charge in [0.25, 0.3) is 0 Å². The number of hydrogen-bond acceptors (Lipinski definition) is 3.